The predicted molar refractivity (Wildman–Crippen MR) is 106 cm³/mol. The third-order valence-electron chi connectivity index (χ3n) is 4.88. The Morgan fingerprint density at radius 1 is 1.04 bits per heavy atom. The summed E-state index contributed by atoms with van der Waals surface area (Å²) >= 11 is 0. The number of piperazine rings is 1. The van der Waals surface area contributed by atoms with Gasteiger partial charge in [-0.15, -0.1) is 0 Å². The van der Waals surface area contributed by atoms with Gasteiger partial charge in [0.25, 0.3) is 0 Å². The fourth-order valence-corrected chi connectivity index (χ4v) is 3.29. The third kappa shape index (κ3) is 5.31. The number of amides is 1. The van der Waals surface area contributed by atoms with E-state index in [0.717, 1.165) is 38.2 Å². The van der Waals surface area contributed by atoms with Crippen molar-refractivity contribution < 1.29 is 4.79 Å². The van der Waals surface area contributed by atoms with Gasteiger partial charge < -0.3 is 21.3 Å². The number of benzene rings is 2. The fraction of sp³-hybridized carbons (Fsp3) is 0.381. The summed E-state index contributed by atoms with van der Waals surface area (Å²) in [5.41, 5.74) is 9.21. The quantitative estimate of drug-likeness (QED) is 0.676. The minimum Gasteiger partial charge on any atom is -0.369 e. The Kier molecular flexibility index (Phi) is 6.63. The standard InChI is InChI=1S/C21H28N4O/c22-21(26)20(11-8-17-4-2-1-3-5-17)24-16-18-6-9-19(10-7-18)25-14-12-23-13-15-25/h1-7,9-10,20,23-24H,8,11-16H2,(H2,22,26). The average molecular weight is 352 g/mol. The van der Waals surface area contributed by atoms with Crippen LogP contribution >= 0.6 is 0 Å². The maximum atomic E-state index is 11.7. The molecule has 26 heavy (non-hydrogen) atoms. The van der Waals surface area contributed by atoms with Gasteiger partial charge in [-0.1, -0.05) is 42.5 Å². The predicted octanol–water partition coefficient (Wildman–Crippen LogP) is 1.67. The summed E-state index contributed by atoms with van der Waals surface area (Å²) in [7, 11) is 0. The zero-order valence-electron chi connectivity index (χ0n) is 15.2. The number of hydrogen-bond acceptors (Lipinski definition) is 4. The lowest BCUT2D eigenvalue weighted by molar-refractivity contribution is -0.120. The van der Waals surface area contributed by atoms with Crippen LogP contribution in [0.1, 0.15) is 17.5 Å². The summed E-state index contributed by atoms with van der Waals surface area (Å²) in [5, 5.41) is 6.67. The molecule has 0 radical (unpaired) electrons. The van der Waals surface area contributed by atoms with Crippen LogP contribution in [0.4, 0.5) is 5.69 Å². The van der Waals surface area contributed by atoms with Gasteiger partial charge in [-0.3, -0.25) is 4.79 Å². The maximum absolute atomic E-state index is 11.7. The Hall–Kier alpha value is -2.37. The Balaban J connectivity index is 1.51. The number of aryl methyl sites for hydroxylation is 1. The van der Waals surface area contributed by atoms with Crippen molar-refractivity contribution in [2.24, 2.45) is 5.73 Å². The van der Waals surface area contributed by atoms with Crippen molar-refractivity contribution in [1.82, 2.24) is 10.6 Å². The highest BCUT2D eigenvalue weighted by Gasteiger charge is 2.15. The molecule has 1 atom stereocenters. The highest BCUT2D eigenvalue weighted by Crippen LogP contribution is 2.16. The van der Waals surface area contributed by atoms with Crippen LogP contribution in [-0.2, 0) is 17.8 Å². The van der Waals surface area contributed by atoms with Crippen LogP contribution in [0.15, 0.2) is 54.6 Å². The number of rotatable bonds is 8. The van der Waals surface area contributed by atoms with Gasteiger partial charge in [0, 0.05) is 38.4 Å². The highest BCUT2D eigenvalue weighted by atomic mass is 16.1. The number of nitrogens with one attached hydrogen (secondary N) is 2. The van der Waals surface area contributed by atoms with Crippen molar-refractivity contribution in [1.29, 1.82) is 0 Å². The van der Waals surface area contributed by atoms with Gasteiger partial charge in [0.05, 0.1) is 6.04 Å². The van der Waals surface area contributed by atoms with Crippen LogP contribution in [0, 0.1) is 0 Å². The smallest absolute Gasteiger partial charge is 0.234 e. The average Bonchev–Trinajstić information content (AvgIpc) is 2.69. The van der Waals surface area contributed by atoms with Crippen molar-refractivity contribution in [2.75, 3.05) is 31.1 Å². The van der Waals surface area contributed by atoms with Crippen molar-refractivity contribution in [2.45, 2.75) is 25.4 Å². The SMILES string of the molecule is NC(=O)C(CCc1ccccc1)NCc1ccc(N2CCNCC2)cc1. The molecule has 1 unspecified atom stereocenters. The van der Waals surface area contributed by atoms with Gasteiger partial charge in [-0.25, -0.2) is 0 Å². The van der Waals surface area contributed by atoms with E-state index in [1.165, 1.54) is 11.3 Å². The molecule has 0 saturated carbocycles. The van der Waals surface area contributed by atoms with Crippen LogP contribution in [0.3, 0.4) is 0 Å². The second-order valence-electron chi connectivity index (χ2n) is 6.76. The van der Waals surface area contributed by atoms with Gasteiger partial charge in [0.1, 0.15) is 0 Å². The summed E-state index contributed by atoms with van der Waals surface area (Å²) in [6.45, 7) is 4.79. The first kappa shape index (κ1) is 18.4. The lowest BCUT2D eigenvalue weighted by Gasteiger charge is -2.29. The van der Waals surface area contributed by atoms with E-state index >= 15 is 0 Å². The van der Waals surface area contributed by atoms with Crippen LogP contribution < -0.4 is 21.3 Å². The molecule has 0 aromatic heterocycles. The molecule has 5 nitrogen and oxygen atoms in total. The monoisotopic (exact) mass is 352 g/mol. The van der Waals surface area contributed by atoms with Crippen LogP contribution in [0.2, 0.25) is 0 Å². The Labute approximate surface area is 155 Å². The molecular weight excluding hydrogens is 324 g/mol. The number of nitrogens with zero attached hydrogens (tertiary/aromatic N) is 1. The molecule has 1 aliphatic heterocycles. The second kappa shape index (κ2) is 9.36. The first-order valence-corrected chi connectivity index (χ1v) is 9.33. The van der Waals surface area contributed by atoms with E-state index in [-0.39, 0.29) is 11.9 Å². The Morgan fingerprint density at radius 2 is 1.73 bits per heavy atom. The minimum atomic E-state index is -0.317. The molecule has 1 fully saturated rings. The van der Waals surface area contributed by atoms with Gasteiger partial charge in [0.2, 0.25) is 5.91 Å². The van der Waals surface area contributed by atoms with Crippen molar-refractivity contribution >= 4 is 11.6 Å². The van der Waals surface area contributed by atoms with Crippen molar-refractivity contribution in [3.63, 3.8) is 0 Å². The number of primary amides is 1. The minimum absolute atomic E-state index is 0.293. The Morgan fingerprint density at radius 3 is 2.38 bits per heavy atom. The van der Waals surface area contributed by atoms with E-state index in [1.807, 2.05) is 18.2 Å². The van der Waals surface area contributed by atoms with E-state index in [9.17, 15) is 4.79 Å². The summed E-state index contributed by atoms with van der Waals surface area (Å²) < 4.78 is 0. The maximum Gasteiger partial charge on any atom is 0.234 e. The largest absolute Gasteiger partial charge is 0.369 e. The van der Waals surface area contributed by atoms with Crippen LogP contribution in [-0.4, -0.2) is 38.1 Å². The molecule has 138 valence electrons. The Bertz CT molecular complexity index is 681. The summed E-state index contributed by atoms with van der Waals surface area (Å²) in [6, 6.07) is 18.4. The summed E-state index contributed by atoms with van der Waals surface area (Å²) in [5.74, 6) is -0.293. The highest BCUT2D eigenvalue weighted by molar-refractivity contribution is 5.79. The molecule has 1 heterocycles. The van der Waals surface area contributed by atoms with Crippen molar-refractivity contribution in [3.8, 4) is 0 Å². The number of nitrogens with two attached hydrogens (primary N) is 1. The van der Waals surface area contributed by atoms with Gasteiger partial charge in [-0.2, -0.15) is 0 Å². The van der Waals surface area contributed by atoms with Crippen LogP contribution in [0.5, 0.6) is 0 Å². The van der Waals surface area contributed by atoms with E-state index < -0.39 is 0 Å². The first-order valence-electron chi connectivity index (χ1n) is 9.33. The molecule has 1 amide bonds. The van der Waals surface area contributed by atoms with E-state index in [1.54, 1.807) is 0 Å². The molecule has 2 aromatic rings. The number of hydrogen-bond donors (Lipinski definition) is 3. The normalized spacial score (nSPS) is 15.6. The zero-order chi connectivity index (χ0) is 18.2. The van der Waals surface area contributed by atoms with E-state index in [0.29, 0.717) is 13.0 Å². The third-order valence-corrected chi connectivity index (χ3v) is 4.88. The summed E-state index contributed by atoms with van der Waals surface area (Å²) in [4.78, 5) is 14.1. The van der Waals surface area contributed by atoms with E-state index in [4.69, 9.17) is 5.73 Å². The number of anilines is 1. The molecule has 0 bridgehead atoms. The summed E-state index contributed by atoms with van der Waals surface area (Å²) in [6.07, 6.45) is 1.54. The molecular formula is C21H28N4O. The molecule has 0 spiro atoms. The van der Waals surface area contributed by atoms with Gasteiger partial charge in [-0.05, 0) is 36.1 Å². The first-order chi connectivity index (χ1) is 12.7. The van der Waals surface area contributed by atoms with Crippen LogP contribution in [0.25, 0.3) is 0 Å². The van der Waals surface area contributed by atoms with Gasteiger partial charge >= 0.3 is 0 Å². The van der Waals surface area contributed by atoms with Crippen molar-refractivity contribution in [3.05, 3.63) is 65.7 Å². The molecule has 3 rings (SSSR count). The lowest BCUT2D eigenvalue weighted by Crippen LogP contribution is -2.43. The molecule has 1 saturated heterocycles. The lowest BCUT2D eigenvalue weighted by atomic mass is 10.0. The number of carbonyl (C=O) groups is 1. The molecule has 2 aromatic carbocycles. The zero-order valence-corrected chi connectivity index (χ0v) is 15.2. The second-order valence-corrected chi connectivity index (χ2v) is 6.76. The molecule has 1 aliphatic rings. The molecule has 0 aliphatic carbocycles. The number of carbonyl (C=O) groups excluding carboxylic acids is 1. The van der Waals surface area contributed by atoms with E-state index in [2.05, 4.69) is 51.9 Å². The van der Waals surface area contributed by atoms with Gasteiger partial charge in [0.15, 0.2) is 0 Å². The fourth-order valence-electron chi connectivity index (χ4n) is 3.29. The molecule has 5 heteroatoms. The topological polar surface area (TPSA) is 70.4 Å². The molecule has 4 N–H and O–H groups in total.